The topological polar surface area (TPSA) is 9.23 Å². The molecule has 14 heavy (non-hydrogen) atoms. The third kappa shape index (κ3) is 1.56. The highest BCUT2D eigenvalue weighted by Gasteiger charge is 2.32. The molecular formula is C10H8F3O. The fourth-order valence-corrected chi connectivity index (χ4v) is 1.50. The van der Waals surface area contributed by atoms with Gasteiger partial charge in [0.2, 0.25) is 0 Å². The van der Waals surface area contributed by atoms with Crippen LogP contribution in [0, 0.1) is 6.92 Å². The van der Waals surface area contributed by atoms with E-state index >= 15 is 0 Å². The lowest BCUT2D eigenvalue weighted by Gasteiger charge is -2.07. The number of benzene rings is 1. The van der Waals surface area contributed by atoms with E-state index in [9.17, 15) is 13.2 Å². The average molecular weight is 201 g/mol. The molecule has 0 amide bonds. The van der Waals surface area contributed by atoms with Gasteiger partial charge in [-0.2, -0.15) is 13.2 Å². The Hall–Kier alpha value is -1.19. The Morgan fingerprint density at radius 2 is 2.07 bits per heavy atom. The first kappa shape index (κ1) is 9.37. The predicted molar refractivity (Wildman–Crippen MR) is 44.9 cm³/mol. The standard InChI is InChI=1S/C10H8F3O/c1-6-4-7-5-8(10(11,12)13)2-3-9(7)14-6/h2-3,5-6H,1,4H2. The van der Waals surface area contributed by atoms with Crippen LogP contribution < -0.4 is 4.74 Å². The maximum atomic E-state index is 12.3. The van der Waals surface area contributed by atoms with Crippen LogP contribution in [0.2, 0.25) is 0 Å². The Labute approximate surface area is 79.5 Å². The van der Waals surface area contributed by atoms with E-state index in [0.29, 0.717) is 17.7 Å². The zero-order valence-electron chi connectivity index (χ0n) is 7.27. The van der Waals surface area contributed by atoms with E-state index in [1.165, 1.54) is 6.07 Å². The lowest BCUT2D eigenvalue weighted by Crippen LogP contribution is -2.06. The number of hydrogen-bond acceptors (Lipinski definition) is 1. The average Bonchev–Trinajstić information content (AvgIpc) is 2.41. The summed E-state index contributed by atoms with van der Waals surface area (Å²) >= 11 is 0. The summed E-state index contributed by atoms with van der Waals surface area (Å²) in [6, 6.07) is 3.50. The smallest absolute Gasteiger partial charge is 0.416 e. The summed E-state index contributed by atoms with van der Waals surface area (Å²) in [6.07, 6.45) is -4.11. The van der Waals surface area contributed by atoms with Gasteiger partial charge in [-0.3, -0.25) is 0 Å². The van der Waals surface area contributed by atoms with E-state index < -0.39 is 11.7 Å². The normalized spacial score (nSPS) is 20.4. The van der Waals surface area contributed by atoms with Crippen LogP contribution in [0.5, 0.6) is 5.75 Å². The molecule has 1 radical (unpaired) electrons. The molecule has 1 unspecified atom stereocenters. The zero-order valence-corrected chi connectivity index (χ0v) is 7.27. The van der Waals surface area contributed by atoms with Crippen LogP contribution in [-0.4, -0.2) is 6.10 Å². The minimum absolute atomic E-state index is 0.270. The third-order valence-corrected chi connectivity index (χ3v) is 2.13. The van der Waals surface area contributed by atoms with Crippen LogP contribution in [-0.2, 0) is 12.6 Å². The van der Waals surface area contributed by atoms with Gasteiger partial charge in [-0.05, 0) is 30.7 Å². The minimum Gasteiger partial charge on any atom is -0.490 e. The number of rotatable bonds is 0. The van der Waals surface area contributed by atoms with Crippen LogP contribution in [0.25, 0.3) is 0 Å². The Morgan fingerprint density at radius 3 is 2.71 bits per heavy atom. The predicted octanol–water partition coefficient (Wildman–Crippen LogP) is 2.84. The third-order valence-electron chi connectivity index (χ3n) is 2.13. The van der Waals surface area contributed by atoms with Crippen molar-refractivity contribution >= 4 is 0 Å². The fourth-order valence-electron chi connectivity index (χ4n) is 1.50. The maximum Gasteiger partial charge on any atom is 0.416 e. The van der Waals surface area contributed by atoms with Crippen LogP contribution in [0.4, 0.5) is 13.2 Å². The Kier molecular flexibility index (Phi) is 1.94. The van der Waals surface area contributed by atoms with Crippen molar-refractivity contribution in [2.45, 2.75) is 18.7 Å². The highest BCUT2D eigenvalue weighted by molar-refractivity contribution is 5.41. The second-order valence-corrected chi connectivity index (χ2v) is 3.26. The molecule has 1 aliphatic heterocycles. The molecule has 1 aromatic rings. The van der Waals surface area contributed by atoms with Crippen molar-refractivity contribution in [2.24, 2.45) is 0 Å². The van der Waals surface area contributed by atoms with E-state index in [4.69, 9.17) is 4.74 Å². The molecule has 2 rings (SSSR count). The van der Waals surface area contributed by atoms with Crippen molar-refractivity contribution in [1.29, 1.82) is 0 Å². The van der Waals surface area contributed by atoms with E-state index in [-0.39, 0.29) is 6.10 Å². The van der Waals surface area contributed by atoms with Crippen molar-refractivity contribution in [3.05, 3.63) is 36.2 Å². The van der Waals surface area contributed by atoms with E-state index in [2.05, 4.69) is 6.92 Å². The van der Waals surface area contributed by atoms with Gasteiger partial charge in [0.25, 0.3) is 0 Å². The number of ether oxygens (including phenoxy) is 1. The second kappa shape index (κ2) is 2.90. The number of alkyl halides is 3. The summed E-state index contributed by atoms with van der Waals surface area (Å²) in [5.74, 6) is 0.512. The Balaban J connectivity index is 2.38. The van der Waals surface area contributed by atoms with Gasteiger partial charge >= 0.3 is 6.18 Å². The van der Waals surface area contributed by atoms with Gasteiger partial charge in [0, 0.05) is 6.42 Å². The van der Waals surface area contributed by atoms with Gasteiger partial charge in [-0.25, -0.2) is 0 Å². The summed E-state index contributed by atoms with van der Waals surface area (Å²) in [5.41, 5.74) is -0.0474. The molecular weight excluding hydrogens is 193 g/mol. The first-order valence-corrected chi connectivity index (χ1v) is 4.16. The molecule has 0 saturated heterocycles. The molecule has 0 aromatic heterocycles. The van der Waals surface area contributed by atoms with Crippen LogP contribution in [0.15, 0.2) is 18.2 Å². The first-order chi connectivity index (χ1) is 6.47. The summed E-state index contributed by atoms with van der Waals surface area (Å²) in [6.45, 7) is 3.64. The Bertz CT molecular complexity index is 357. The second-order valence-electron chi connectivity index (χ2n) is 3.26. The Morgan fingerprint density at radius 1 is 1.36 bits per heavy atom. The molecule has 1 nitrogen and oxygen atoms in total. The van der Waals surface area contributed by atoms with Gasteiger partial charge in [-0.15, -0.1) is 0 Å². The van der Waals surface area contributed by atoms with E-state index in [1.54, 1.807) is 0 Å². The summed E-state index contributed by atoms with van der Waals surface area (Å²) in [7, 11) is 0. The molecule has 4 heteroatoms. The molecule has 1 aromatic carbocycles. The van der Waals surface area contributed by atoms with Crippen LogP contribution in [0.3, 0.4) is 0 Å². The van der Waals surface area contributed by atoms with Gasteiger partial charge in [-0.1, -0.05) is 0 Å². The van der Waals surface area contributed by atoms with Crippen LogP contribution >= 0.6 is 0 Å². The number of hydrogen-bond donors (Lipinski definition) is 0. The number of halogens is 3. The molecule has 0 bridgehead atoms. The highest BCUT2D eigenvalue weighted by Crippen LogP contribution is 2.35. The van der Waals surface area contributed by atoms with E-state index in [1.807, 2.05) is 0 Å². The molecule has 0 aliphatic carbocycles. The summed E-state index contributed by atoms with van der Waals surface area (Å²) in [5, 5.41) is 0. The van der Waals surface area contributed by atoms with Gasteiger partial charge < -0.3 is 4.74 Å². The SMILES string of the molecule is [CH2]C1Cc2cc(C(F)(F)F)ccc2O1. The van der Waals surface area contributed by atoms with Crippen molar-refractivity contribution in [3.8, 4) is 5.75 Å². The molecule has 75 valence electrons. The van der Waals surface area contributed by atoms with Gasteiger partial charge in [0.1, 0.15) is 11.9 Å². The largest absolute Gasteiger partial charge is 0.490 e. The molecule has 0 N–H and O–H groups in total. The van der Waals surface area contributed by atoms with Crippen molar-refractivity contribution in [3.63, 3.8) is 0 Å². The van der Waals surface area contributed by atoms with Gasteiger partial charge in [0.15, 0.2) is 0 Å². The van der Waals surface area contributed by atoms with Crippen molar-refractivity contribution < 1.29 is 17.9 Å². The summed E-state index contributed by atoms with van der Waals surface area (Å²) in [4.78, 5) is 0. The zero-order chi connectivity index (χ0) is 10.3. The molecule has 0 saturated carbocycles. The maximum absolute atomic E-state index is 12.3. The quantitative estimate of drug-likeness (QED) is 0.627. The molecule has 1 atom stereocenters. The van der Waals surface area contributed by atoms with Crippen molar-refractivity contribution in [2.75, 3.05) is 0 Å². The lowest BCUT2D eigenvalue weighted by atomic mass is 10.1. The molecule has 0 spiro atoms. The number of fused-ring (bicyclic) bond motifs is 1. The van der Waals surface area contributed by atoms with E-state index in [0.717, 1.165) is 12.1 Å². The molecule has 1 aliphatic rings. The van der Waals surface area contributed by atoms with Crippen LogP contribution in [0.1, 0.15) is 11.1 Å². The molecule has 0 fully saturated rings. The molecule has 1 heterocycles. The summed E-state index contributed by atoms with van der Waals surface area (Å²) < 4.78 is 42.1. The lowest BCUT2D eigenvalue weighted by molar-refractivity contribution is -0.137. The highest BCUT2D eigenvalue weighted by atomic mass is 19.4. The monoisotopic (exact) mass is 201 g/mol. The first-order valence-electron chi connectivity index (χ1n) is 4.16. The minimum atomic E-state index is -4.28. The fraction of sp³-hybridized carbons (Fsp3) is 0.300. The van der Waals surface area contributed by atoms with Gasteiger partial charge in [0.05, 0.1) is 5.56 Å². The van der Waals surface area contributed by atoms with Crippen molar-refractivity contribution in [1.82, 2.24) is 0 Å².